The summed E-state index contributed by atoms with van der Waals surface area (Å²) in [6.45, 7) is 0.333. The van der Waals surface area contributed by atoms with Gasteiger partial charge in [-0.1, -0.05) is 0 Å². The SMILES string of the molecule is OC[C@@H](O)[C@H]1O[CH][C@H](O)[C@H](O)[C@@H]1O. The van der Waals surface area contributed by atoms with E-state index in [0.29, 0.717) is 0 Å². The van der Waals surface area contributed by atoms with Gasteiger partial charge in [-0.15, -0.1) is 0 Å². The molecule has 0 aromatic rings. The minimum atomic E-state index is -1.41. The van der Waals surface area contributed by atoms with Crippen molar-refractivity contribution in [2.24, 2.45) is 0 Å². The third-order valence-corrected chi connectivity index (χ3v) is 1.98. The van der Waals surface area contributed by atoms with Crippen LogP contribution in [0.2, 0.25) is 0 Å². The fraction of sp³-hybridized carbons (Fsp3) is 0.857. The molecule has 1 rings (SSSR count). The van der Waals surface area contributed by atoms with Crippen LogP contribution in [0.25, 0.3) is 0 Å². The van der Waals surface area contributed by atoms with Crippen LogP contribution in [-0.2, 0) is 4.74 Å². The van der Waals surface area contributed by atoms with Crippen molar-refractivity contribution >= 4 is 0 Å². The summed E-state index contributed by atoms with van der Waals surface area (Å²) in [5, 5.41) is 45.1. The maximum atomic E-state index is 9.28. The van der Waals surface area contributed by atoms with Crippen LogP contribution in [0.4, 0.5) is 0 Å². The van der Waals surface area contributed by atoms with E-state index in [-0.39, 0.29) is 0 Å². The van der Waals surface area contributed by atoms with Gasteiger partial charge in [0.2, 0.25) is 0 Å². The number of ether oxygens (including phenoxy) is 1. The highest BCUT2D eigenvalue weighted by Gasteiger charge is 2.41. The molecule has 0 bridgehead atoms. The van der Waals surface area contributed by atoms with Crippen LogP contribution >= 0.6 is 0 Å². The van der Waals surface area contributed by atoms with Gasteiger partial charge in [0.1, 0.15) is 37.1 Å². The zero-order valence-corrected chi connectivity index (χ0v) is 6.82. The Bertz CT molecular complexity index is 163. The predicted molar refractivity (Wildman–Crippen MR) is 40.3 cm³/mol. The van der Waals surface area contributed by atoms with E-state index in [9.17, 15) is 5.11 Å². The van der Waals surface area contributed by atoms with Crippen LogP contribution in [0.3, 0.4) is 0 Å². The Morgan fingerprint density at radius 1 is 1.23 bits per heavy atom. The average Bonchev–Trinajstić information content (AvgIpc) is 2.13. The van der Waals surface area contributed by atoms with Crippen LogP contribution in [0, 0.1) is 6.61 Å². The zero-order chi connectivity index (χ0) is 10.0. The molecule has 1 heterocycles. The number of hydrogen-bond acceptors (Lipinski definition) is 6. The second kappa shape index (κ2) is 4.32. The van der Waals surface area contributed by atoms with Crippen molar-refractivity contribution in [3.05, 3.63) is 6.61 Å². The first kappa shape index (κ1) is 10.8. The molecule has 0 aromatic heterocycles. The van der Waals surface area contributed by atoms with Gasteiger partial charge in [-0.2, -0.15) is 0 Å². The van der Waals surface area contributed by atoms with E-state index < -0.39 is 37.1 Å². The summed E-state index contributed by atoms with van der Waals surface area (Å²) in [5.74, 6) is 0. The molecule has 77 valence electrons. The largest absolute Gasteiger partial charge is 0.394 e. The molecule has 6 nitrogen and oxygen atoms in total. The van der Waals surface area contributed by atoms with E-state index in [0.717, 1.165) is 6.61 Å². The maximum Gasteiger partial charge on any atom is 0.115 e. The summed E-state index contributed by atoms with van der Waals surface area (Å²) in [6, 6.07) is 0. The highest BCUT2D eigenvalue weighted by Crippen LogP contribution is 2.20. The fourth-order valence-electron chi connectivity index (χ4n) is 1.15. The second-order valence-corrected chi connectivity index (χ2v) is 2.96. The summed E-state index contributed by atoms with van der Waals surface area (Å²) in [4.78, 5) is 0. The van der Waals surface area contributed by atoms with Gasteiger partial charge < -0.3 is 30.3 Å². The van der Waals surface area contributed by atoms with Crippen LogP contribution in [-0.4, -0.2) is 62.7 Å². The predicted octanol–water partition coefficient (Wildman–Crippen LogP) is -3.02. The average molecular weight is 193 g/mol. The number of hydrogen-bond donors (Lipinski definition) is 5. The van der Waals surface area contributed by atoms with Crippen molar-refractivity contribution < 1.29 is 30.3 Å². The summed E-state index contributed by atoms with van der Waals surface area (Å²) in [7, 11) is 0. The first-order chi connectivity index (χ1) is 6.07. The molecule has 0 amide bonds. The van der Waals surface area contributed by atoms with E-state index in [4.69, 9.17) is 25.2 Å². The molecule has 1 fully saturated rings. The Morgan fingerprint density at radius 2 is 1.85 bits per heavy atom. The van der Waals surface area contributed by atoms with Gasteiger partial charge in [0.25, 0.3) is 0 Å². The molecule has 0 saturated carbocycles. The van der Waals surface area contributed by atoms with Crippen molar-refractivity contribution in [1.29, 1.82) is 0 Å². The normalized spacial score (nSPS) is 43.2. The van der Waals surface area contributed by atoms with Crippen molar-refractivity contribution in [3.8, 4) is 0 Å². The third kappa shape index (κ3) is 2.16. The van der Waals surface area contributed by atoms with Gasteiger partial charge in [0.15, 0.2) is 0 Å². The molecule has 1 radical (unpaired) electrons. The molecule has 13 heavy (non-hydrogen) atoms. The maximum absolute atomic E-state index is 9.28. The Hall–Kier alpha value is -0.240. The van der Waals surface area contributed by atoms with Gasteiger partial charge >= 0.3 is 0 Å². The number of rotatable bonds is 2. The first-order valence-corrected chi connectivity index (χ1v) is 3.90. The third-order valence-electron chi connectivity index (χ3n) is 1.98. The summed E-state index contributed by atoms with van der Waals surface area (Å²) in [5.41, 5.74) is 0. The van der Waals surface area contributed by atoms with Gasteiger partial charge in [-0.3, -0.25) is 0 Å². The van der Waals surface area contributed by atoms with E-state index >= 15 is 0 Å². The van der Waals surface area contributed by atoms with Gasteiger partial charge in [0.05, 0.1) is 6.61 Å². The van der Waals surface area contributed by atoms with Crippen molar-refractivity contribution in [1.82, 2.24) is 0 Å². The fourth-order valence-corrected chi connectivity index (χ4v) is 1.15. The lowest BCUT2D eigenvalue weighted by Gasteiger charge is -2.36. The highest BCUT2D eigenvalue weighted by molar-refractivity contribution is 4.94. The lowest BCUT2D eigenvalue weighted by atomic mass is 9.97. The lowest BCUT2D eigenvalue weighted by molar-refractivity contribution is -0.191. The molecule has 5 N–H and O–H groups in total. The first-order valence-electron chi connectivity index (χ1n) is 3.90. The Kier molecular flexibility index (Phi) is 3.60. The van der Waals surface area contributed by atoms with Crippen LogP contribution < -0.4 is 0 Å². The summed E-state index contributed by atoms with van der Waals surface area (Å²) >= 11 is 0. The topological polar surface area (TPSA) is 110 Å². The highest BCUT2D eigenvalue weighted by atomic mass is 16.5. The number of aliphatic hydroxyl groups is 5. The second-order valence-electron chi connectivity index (χ2n) is 2.96. The minimum absolute atomic E-state index is 0.585. The minimum Gasteiger partial charge on any atom is -0.394 e. The van der Waals surface area contributed by atoms with Crippen LogP contribution in [0.1, 0.15) is 0 Å². The van der Waals surface area contributed by atoms with Gasteiger partial charge in [0, 0.05) is 0 Å². The van der Waals surface area contributed by atoms with E-state index in [1.54, 1.807) is 0 Å². The quantitative estimate of drug-likeness (QED) is 0.319. The molecule has 1 aliphatic rings. The van der Waals surface area contributed by atoms with Crippen molar-refractivity contribution in [3.63, 3.8) is 0 Å². The smallest absolute Gasteiger partial charge is 0.115 e. The van der Waals surface area contributed by atoms with Gasteiger partial charge in [-0.05, 0) is 0 Å². The molecule has 1 saturated heterocycles. The van der Waals surface area contributed by atoms with E-state index in [1.165, 1.54) is 0 Å². The van der Waals surface area contributed by atoms with Crippen molar-refractivity contribution in [2.75, 3.05) is 6.61 Å². The monoisotopic (exact) mass is 193 g/mol. The van der Waals surface area contributed by atoms with E-state index in [1.807, 2.05) is 0 Å². The molecule has 6 heteroatoms. The standard InChI is InChI=1S/C7H13O6/c8-1-3(9)7-6(12)5(11)4(10)2-13-7/h2-12H,1H2/t3-,4+,5+,6+,7-/m1/s1. The molecule has 0 aliphatic carbocycles. The Labute approximate surface area is 75.0 Å². The Morgan fingerprint density at radius 3 is 2.38 bits per heavy atom. The molecule has 5 atom stereocenters. The molecular formula is C7H13O6. The summed E-state index contributed by atoms with van der Waals surface area (Å²) < 4.78 is 4.73. The molecule has 0 unspecified atom stereocenters. The van der Waals surface area contributed by atoms with E-state index in [2.05, 4.69) is 0 Å². The molecular weight excluding hydrogens is 180 g/mol. The molecule has 1 aliphatic heterocycles. The zero-order valence-electron chi connectivity index (χ0n) is 6.82. The number of aliphatic hydroxyl groups excluding tert-OH is 5. The molecule has 0 aromatic carbocycles. The van der Waals surface area contributed by atoms with Crippen LogP contribution in [0.5, 0.6) is 0 Å². The summed E-state index contributed by atoms with van der Waals surface area (Å²) in [6.07, 6.45) is -6.49. The van der Waals surface area contributed by atoms with Crippen LogP contribution in [0.15, 0.2) is 0 Å². The Balaban J connectivity index is 2.58. The van der Waals surface area contributed by atoms with Gasteiger partial charge in [-0.25, -0.2) is 0 Å². The molecule has 0 spiro atoms. The lowest BCUT2D eigenvalue weighted by Crippen LogP contribution is -2.55. The van der Waals surface area contributed by atoms with Crippen molar-refractivity contribution in [2.45, 2.75) is 30.5 Å².